The molecule has 3 rings (SSSR count). The molecule has 2 N–H and O–H groups in total. The highest BCUT2D eigenvalue weighted by atomic mass is 16.4. The number of aliphatic carboxylic acids is 1. The van der Waals surface area contributed by atoms with Gasteiger partial charge in [-0.15, -0.1) is 0 Å². The SMILES string of the molecule is Cc1cc(NCC(=O)O)c2ccc3cccnc3c2n1. The van der Waals surface area contributed by atoms with Gasteiger partial charge >= 0.3 is 5.97 Å². The van der Waals surface area contributed by atoms with Crippen molar-refractivity contribution in [2.24, 2.45) is 0 Å². The molecule has 0 atom stereocenters. The van der Waals surface area contributed by atoms with E-state index in [2.05, 4.69) is 15.3 Å². The van der Waals surface area contributed by atoms with Crippen LogP contribution in [0.15, 0.2) is 36.5 Å². The van der Waals surface area contributed by atoms with Crippen molar-refractivity contribution in [3.63, 3.8) is 0 Å². The van der Waals surface area contributed by atoms with Crippen molar-refractivity contribution in [3.8, 4) is 0 Å². The molecule has 0 aliphatic rings. The first-order valence-electron chi connectivity index (χ1n) is 6.26. The number of benzene rings is 1. The van der Waals surface area contributed by atoms with E-state index in [1.54, 1.807) is 6.20 Å². The number of nitrogens with zero attached hydrogens (tertiary/aromatic N) is 2. The Labute approximate surface area is 115 Å². The zero-order valence-corrected chi connectivity index (χ0v) is 10.9. The number of aromatic nitrogens is 2. The number of anilines is 1. The summed E-state index contributed by atoms with van der Waals surface area (Å²) in [6, 6.07) is 9.62. The van der Waals surface area contributed by atoms with Crippen molar-refractivity contribution in [2.45, 2.75) is 6.92 Å². The number of carboxylic acid groups (broad SMARTS) is 1. The van der Waals surface area contributed by atoms with Gasteiger partial charge in [0, 0.05) is 28.4 Å². The van der Waals surface area contributed by atoms with E-state index in [0.29, 0.717) is 0 Å². The van der Waals surface area contributed by atoms with Gasteiger partial charge in [0.1, 0.15) is 6.54 Å². The van der Waals surface area contributed by atoms with Crippen LogP contribution in [0.2, 0.25) is 0 Å². The van der Waals surface area contributed by atoms with Crippen LogP contribution in [0.25, 0.3) is 21.8 Å². The average Bonchev–Trinajstić information content (AvgIpc) is 2.44. The van der Waals surface area contributed by atoms with Crippen LogP contribution in [-0.2, 0) is 4.79 Å². The third-order valence-electron chi connectivity index (χ3n) is 3.11. The Bertz CT molecular complexity index is 815. The molecule has 100 valence electrons. The highest BCUT2D eigenvalue weighted by Crippen LogP contribution is 2.28. The summed E-state index contributed by atoms with van der Waals surface area (Å²) in [5, 5.41) is 13.6. The fraction of sp³-hybridized carbons (Fsp3) is 0.133. The van der Waals surface area contributed by atoms with E-state index in [-0.39, 0.29) is 6.54 Å². The van der Waals surface area contributed by atoms with Gasteiger partial charge in [-0.05, 0) is 25.1 Å². The van der Waals surface area contributed by atoms with Crippen molar-refractivity contribution in [1.29, 1.82) is 0 Å². The van der Waals surface area contributed by atoms with Gasteiger partial charge in [-0.2, -0.15) is 0 Å². The van der Waals surface area contributed by atoms with Crippen molar-refractivity contribution in [1.82, 2.24) is 9.97 Å². The predicted octanol–water partition coefficient (Wildman–Crippen LogP) is 2.59. The lowest BCUT2D eigenvalue weighted by molar-refractivity contribution is -0.134. The quantitative estimate of drug-likeness (QED) is 0.713. The summed E-state index contributed by atoms with van der Waals surface area (Å²) in [7, 11) is 0. The summed E-state index contributed by atoms with van der Waals surface area (Å²) in [5.74, 6) is -0.897. The highest BCUT2D eigenvalue weighted by molar-refractivity contribution is 6.07. The summed E-state index contributed by atoms with van der Waals surface area (Å²) in [5.41, 5.74) is 3.20. The van der Waals surface area contributed by atoms with E-state index in [4.69, 9.17) is 5.11 Å². The monoisotopic (exact) mass is 267 g/mol. The van der Waals surface area contributed by atoms with E-state index in [0.717, 1.165) is 33.2 Å². The normalized spacial score (nSPS) is 10.8. The lowest BCUT2D eigenvalue weighted by atomic mass is 10.1. The minimum atomic E-state index is -0.897. The lowest BCUT2D eigenvalue weighted by Crippen LogP contribution is -2.12. The molecule has 2 aromatic heterocycles. The molecule has 3 aromatic rings. The molecule has 0 aliphatic heterocycles. The average molecular weight is 267 g/mol. The van der Waals surface area contributed by atoms with Gasteiger partial charge in [-0.3, -0.25) is 14.8 Å². The summed E-state index contributed by atoms with van der Waals surface area (Å²) in [4.78, 5) is 19.6. The molecule has 0 spiro atoms. The molecule has 0 fully saturated rings. The molecule has 20 heavy (non-hydrogen) atoms. The maximum Gasteiger partial charge on any atom is 0.322 e. The summed E-state index contributed by atoms with van der Waals surface area (Å²) < 4.78 is 0. The van der Waals surface area contributed by atoms with Gasteiger partial charge in [0.15, 0.2) is 0 Å². The van der Waals surface area contributed by atoms with Crippen LogP contribution in [0.4, 0.5) is 5.69 Å². The van der Waals surface area contributed by atoms with Gasteiger partial charge in [-0.25, -0.2) is 0 Å². The number of rotatable bonds is 3. The predicted molar refractivity (Wildman–Crippen MR) is 77.9 cm³/mol. The summed E-state index contributed by atoms with van der Waals surface area (Å²) in [6.45, 7) is 1.76. The minimum absolute atomic E-state index is 0.126. The summed E-state index contributed by atoms with van der Waals surface area (Å²) in [6.07, 6.45) is 1.73. The second kappa shape index (κ2) is 4.77. The topological polar surface area (TPSA) is 75.1 Å². The molecule has 0 radical (unpaired) electrons. The maximum absolute atomic E-state index is 10.7. The Morgan fingerprint density at radius 3 is 2.95 bits per heavy atom. The first-order valence-corrected chi connectivity index (χ1v) is 6.26. The first-order chi connectivity index (χ1) is 9.65. The number of nitrogens with one attached hydrogen (secondary N) is 1. The number of carbonyl (C=O) groups is 1. The van der Waals surface area contributed by atoms with E-state index in [9.17, 15) is 4.79 Å². The lowest BCUT2D eigenvalue weighted by Gasteiger charge is -2.10. The second-order valence-electron chi connectivity index (χ2n) is 4.60. The molecule has 5 heteroatoms. The molecule has 0 unspecified atom stereocenters. The van der Waals surface area contributed by atoms with Crippen LogP contribution in [-0.4, -0.2) is 27.6 Å². The van der Waals surface area contributed by atoms with Crippen LogP contribution >= 0.6 is 0 Å². The van der Waals surface area contributed by atoms with Crippen LogP contribution in [0.5, 0.6) is 0 Å². The molecular formula is C15H13N3O2. The zero-order chi connectivity index (χ0) is 14.1. The number of hydrogen-bond donors (Lipinski definition) is 2. The smallest absolute Gasteiger partial charge is 0.322 e. The number of carboxylic acids is 1. The van der Waals surface area contributed by atoms with Crippen LogP contribution < -0.4 is 5.32 Å². The van der Waals surface area contributed by atoms with Crippen molar-refractivity contribution >= 4 is 33.5 Å². The molecule has 0 saturated heterocycles. The van der Waals surface area contributed by atoms with Gasteiger partial charge in [0.05, 0.1) is 11.0 Å². The Morgan fingerprint density at radius 2 is 2.15 bits per heavy atom. The third-order valence-corrected chi connectivity index (χ3v) is 3.11. The fourth-order valence-corrected chi connectivity index (χ4v) is 2.27. The maximum atomic E-state index is 10.7. The van der Waals surface area contributed by atoms with Crippen LogP contribution in [0, 0.1) is 6.92 Å². The molecule has 2 heterocycles. The Kier molecular flexibility index (Phi) is 2.95. The minimum Gasteiger partial charge on any atom is -0.480 e. The molecule has 0 saturated carbocycles. The number of fused-ring (bicyclic) bond motifs is 3. The largest absolute Gasteiger partial charge is 0.480 e. The van der Waals surface area contributed by atoms with Crippen molar-refractivity contribution in [2.75, 3.05) is 11.9 Å². The Hall–Kier alpha value is -2.69. The standard InChI is InChI=1S/C15H13N3O2/c1-9-7-12(17-8-13(19)20)11-5-4-10-3-2-6-16-14(10)15(11)18-9/h2-7H,8H2,1H3,(H,17,18)(H,19,20). The fourth-order valence-electron chi connectivity index (χ4n) is 2.27. The molecule has 1 aromatic carbocycles. The number of hydrogen-bond acceptors (Lipinski definition) is 4. The second-order valence-corrected chi connectivity index (χ2v) is 4.60. The summed E-state index contributed by atoms with van der Waals surface area (Å²) >= 11 is 0. The highest BCUT2D eigenvalue weighted by Gasteiger charge is 2.09. The van der Waals surface area contributed by atoms with Gasteiger partial charge in [0.25, 0.3) is 0 Å². The van der Waals surface area contributed by atoms with Gasteiger partial charge in [-0.1, -0.05) is 12.1 Å². The zero-order valence-electron chi connectivity index (χ0n) is 10.9. The van der Waals surface area contributed by atoms with E-state index >= 15 is 0 Å². The molecule has 0 bridgehead atoms. The number of aryl methyl sites for hydroxylation is 1. The van der Waals surface area contributed by atoms with E-state index in [1.807, 2.05) is 37.3 Å². The van der Waals surface area contributed by atoms with Crippen LogP contribution in [0.1, 0.15) is 5.69 Å². The van der Waals surface area contributed by atoms with E-state index in [1.165, 1.54) is 0 Å². The van der Waals surface area contributed by atoms with Crippen molar-refractivity contribution in [3.05, 3.63) is 42.2 Å². The molecule has 0 amide bonds. The van der Waals surface area contributed by atoms with Gasteiger partial charge in [0.2, 0.25) is 0 Å². The third kappa shape index (κ3) is 2.14. The van der Waals surface area contributed by atoms with Crippen molar-refractivity contribution < 1.29 is 9.90 Å². The Morgan fingerprint density at radius 1 is 1.30 bits per heavy atom. The first kappa shape index (κ1) is 12.3. The Balaban J connectivity index is 2.26. The molecule has 5 nitrogen and oxygen atoms in total. The van der Waals surface area contributed by atoms with Crippen LogP contribution in [0.3, 0.4) is 0 Å². The number of pyridine rings is 2. The van der Waals surface area contributed by atoms with E-state index < -0.39 is 5.97 Å². The molecule has 0 aliphatic carbocycles. The molecular weight excluding hydrogens is 254 g/mol. The van der Waals surface area contributed by atoms with Gasteiger partial charge < -0.3 is 10.4 Å².